The molecule has 1 aliphatic carbocycles. The lowest BCUT2D eigenvalue weighted by molar-refractivity contribution is -0.140. The predicted molar refractivity (Wildman–Crippen MR) is 73.1 cm³/mol. The molecule has 6 nitrogen and oxygen atoms in total. The zero-order chi connectivity index (χ0) is 14.9. The third kappa shape index (κ3) is 2.69. The fraction of sp³-hybridized carbons (Fsp3) is 0.643. The molecule has 1 aromatic rings. The van der Waals surface area contributed by atoms with Crippen molar-refractivity contribution in [3.05, 3.63) is 17.5 Å². The summed E-state index contributed by atoms with van der Waals surface area (Å²) < 4.78 is 0. The van der Waals surface area contributed by atoms with Crippen LogP contribution in [-0.4, -0.2) is 33.7 Å². The molecule has 0 saturated heterocycles. The van der Waals surface area contributed by atoms with Gasteiger partial charge in [0, 0.05) is 12.2 Å². The number of H-pyrrole nitrogens is 1. The van der Waals surface area contributed by atoms with Gasteiger partial charge in [0.15, 0.2) is 0 Å². The lowest BCUT2D eigenvalue weighted by Crippen LogP contribution is -2.28. The van der Waals surface area contributed by atoms with Crippen LogP contribution >= 0.6 is 0 Å². The summed E-state index contributed by atoms with van der Waals surface area (Å²) >= 11 is 0. The maximum Gasteiger partial charge on any atom is 0.307 e. The molecule has 1 saturated carbocycles. The molecule has 0 bridgehead atoms. The highest BCUT2D eigenvalue weighted by Crippen LogP contribution is 2.58. The standard InChI is InChI=1S/C14H21N3O3/c1-8-9(7-16-17-8)5-4-6-15-12(18)10-11(13(19)20)14(10,2)3/h7,10-11H,4-6H2,1-3H3,(H,15,18)(H,16,17)(H,19,20). The number of aromatic amines is 1. The second-order valence-corrected chi connectivity index (χ2v) is 6.03. The number of carboxylic acids is 1. The van der Waals surface area contributed by atoms with Crippen LogP contribution in [0.3, 0.4) is 0 Å². The molecule has 0 aromatic carbocycles. The molecule has 3 N–H and O–H groups in total. The minimum absolute atomic E-state index is 0.147. The quantitative estimate of drug-likeness (QED) is 0.680. The van der Waals surface area contributed by atoms with Gasteiger partial charge in [0.25, 0.3) is 0 Å². The van der Waals surface area contributed by atoms with Crippen LogP contribution in [0, 0.1) is 24.2 Å². The van der Waals surface area contributed by atoms with E-state index in [-0.39, 0.29) is 5.91 Å². The summed E-state index contributed by atoms with van der Waals surface area (Å²) in [6.45, 7) is 6.17. The van der Waals surface area contributed by atoms with Crippen molar-refractivity contribution in [2.45, 2.75) is 33.6 Å². The lowest BCUT2D eigenvalue weighted by Gasteiger charge is -2.05. The van der Waals surface area contributed by atoms with Crippen molar-refractivity contribution in [3.63, 3.8) is 0 Å². The van der Waals surface area contributed by atoms with E-state index < -0.39 is 23.2 Å². The number of hydrogen-bond donors (Lipinski definition) is 3. The Morgan fingerprint density at radius 1 is 1.45 bits per heavy atom. The van der Waals surface area contributed by atoms with E-state index in [0.717, 1.165) is 24.1 Å². The van der Waals surface area contributed by atoms with Crippen LogP contribution in [0.4, 0.5) is 0 Å². The van der Waals surface area contributed by atoms with Gasteiger partial charge < -0.3 is 10.4 Å². The fourth-order valence-electron chi connectivity index (χ4n) is 2.82. The summed E-state index contributed by atoms with van der Waals surface area (Å²) in [4.78, 5) is 23.0. The Morgan fingerprint density at radius 2 is 2.15 bits per heavy atom. The van der Waals surface area contributed by atoms with E-state index in [4.69, 9.17) is 5.11 Å². The van der Waals surface area contributed by atoms with Gasteiger partial charge in [-0.05, 0) is 30.7 Å². The predicted octanol–water partition coefficient (Wildman–Crippen LogP) is 1.12. The molecule has 0 radical (unpaired) electrons. The van der Waals surface area contributed by atoms with Gasteiger partial charge in [-0.2, -0.15) is 5.10 Å². The van der Waals surface area contributed by atoms with Crippen LogP contribution in [0.15, 0.2) is 6.20 Å². The van der Waals surface area contributed by atoms with Crippen molar-refractivity contribution in [2.75, 3.05) is 6.54 Å². The van der Waals surface area contributed by atoms with Gasteiger partial charge in [0.05, 0.1) is 18.0 Å². The van der Waals surface area contributed by atoms with E-state index in [1.54, 1.807) is 6.20 Å². The zero-order valence-electron chi connectivity index (χ0n) is 12.1. The Balaban J connectivity index is 1.74. The van der Waals surface area contributed by atoms with E-state index in [1.165, 1.54) is 0 Å². The number of aliphatic carboxylic acids is 1. The second-order valence-electron chi connectivity index (χ2n) is 6.03. The van der Waals surface area contributed by atoms with Crippen molar-refractivity contribution < 1.29 is 14.7 Å². The van der Waals surface area contributed by atoms with Gasteiger partial charge in [-0.1, -0.05) is 13.8 Å². The highest BCUT2D eigenvalue weighted by Gasteiger charge is 2.65. The molecular formula is C14H21N3O3. The van der Waals surface area contributed by atoms with Crippen LogP contribution in [0.1, 0.15) is 31.5 Å². The first-order chi connectivity index (χ1) is 9.35. The average molecular weight is 279 g/mol. The topological polar surface area (TPSA) is 95.1 Å². The van der Waals surface area contributed by atoms with Gasteiger partial charge in [0.2, 0.25) is 5.91 Å². The summed E-state index contributed by atoms with van der Waals surface area (Å²) in [5.74, 6) is -2.00. The molecule has 1 amide bonds. The van der Waals surface area contributed by atoms with E-state index in [2.05, 4.69) is 15.5 Å². The van der Waals surface area contributed by atoms with Crippen LogP contribution in [0.5, 0.6) is 0 Å². The average Bonchev–Trinajstić information content (AvgIpc) is 2.71. The Labute approximate surface area is 118 Å². The van der Waals surface area contributed by atoms with E-state index in [1.807, 2.05) is 20.8 Å². The van der Waals surface area contributed by atoms with Crippen molar-refractivity contribution in [3.8, 4) is 0 Å². The van der Waals surface area contributed by atoms with Gasteiger partial charge in [-0.25, -0.2) is 0 Å². The van der Waals surface area contributed by atoms with Gasteiger partial charge >= 0.3 is 5.97 Å². The number of carbonyl (C=O) groups is 2. The van der Waals surface area contributed by atoms with Gasteiger partial charge in [0.1, 0.15) is 0 Å². The number of carboxylic acid groups (broad SMARTS) is 1. The Hall–Kier alpha value is -1.85. The smallest absolute Gasteiger partial charge is 0.307 e. The van der Waals surface area contributed by atoms with Crippen LogP contribution in [-0.2, 0) is 16.0 Å². The number of aromatic nitrogens is 2. The summed E-state index contributed by atoms with van der Waals surface area (Å²) in [6, 6.07) is 0. The summed E-state index contributed by atoms with van der Waals surface area (Å²) in [6.07, 6.45) is 3.46. The molecular weight excluding hydrogens is 258 g/mol. The molecule has 6 heteroatoms. The summed E-state index contributed by atoms with van der Waals surface area (Å²) in [5, 5.41) is 18.7. The molecule has 2 unspecified atom stereocenters. The number of amides is 1. The largest absolute Gasteiger partial charge is 0.481 e. The van der Waals surface area contributed by atoms with Gasteiger partial charge in [-0.15, -0.1) is 0 Å². The first kappa shape index (κ1) is 14.6. The number of nitrogens with zero attached hydrogens (tertiary/aromatic N) is 1. The number of aryl methyl sites for hydroxylation is 2. The van der Waals surface area contributed by atoms with Crippen molar-refractivity contribution in [1.29, 1.82) is 0 Å². The number of hydrogen-bond acceptors (Lipinski definition) is 3. The van der Waals surface area contributed by atoms with E-state index >= 15 is 0 Å². The SMILES string of the molecule is Cc1[nH]ncc1CCCNC(=O)C1C(C(=O)O)C1(C)C. The first-order valence-electron chi connectivity index (χ1n) is 6.85. The van der Waals surface area contributed by atoms with Crippen molar-refractivity contribution in [1.82, 2.24) is 15.5 Å². The highest BCUT2D eigenvalue weighted by atomic mass is 16.4. The zero-order valence-corrected chi connectivity index (χ0v) is 12.1. The number of rotatable bonds is 6. The van der Waals surface area contributed by atoms with Crippen molar-refractivity contribution >= 4 is 11.9 Å². The van der Waals surface area contributed by atoms with Crippen LogP contribution in [0.2, 0.25) is 0 Å². The molecule has 0 aliphatic heterocycles. The van der Waals surface area contributed by atoms with Crippen LogP contribution in [0.25, 0.3) is 0 Å². The summed E-state index contributed by atoms with van der Waals surface area (Å²) in [5.41, 5.74) is 1.76. The Morgan fingerprint density at radius 3 is 2.65 bits per heavy atom. The van der Waals surface area contributed by atoms with E-state index in [9.17, 15) is 9.59 Å². The van der Waals surface area contributed by atoms with Crippen LogP contribution < -0.4 is 5.32 Å². The molecule has 2 atom stereocenters. The molecule has 1 aliphatic rings. The van der Waals surface area contributed by atoms with E-state index in [0.29, 0.717) is 6.54 Å². The number of carbonyl (C=O) groups excluding carboxylic acids is 1. The lowest BCUT2D eigenvalue weighted by atomic mass is 10.1. The third-order valence-electron chi connectivity index (χ3n) is 4.23. The van der Waals surface area contributed by atoms with Crippen molar-refractivity contribution in [2.24, 2.45) is 17.3 Å². The number of nitrogens with one attached hydrogen (secondary N) is 2. The second kappa shape index (κ2) is 5.26. The Bertz CT molecular complexity index is 521. The molecule has 1 fully saturated rings. The van der Waals surface area contributed by atoms with Gasteiger partial charge in [-0.3, -0.25) is 14.7 Å². The summed E-state index contributed by atoms with van der Waals surface area (Å²) in [7, 11) is 0. The maximum atomic E-state index is 12.0. The first-order valence-corrected chi connectivity index (χ1v) is 6.85. The fourth-order valence-corrected chi connectivity index (χ4v) is 2.82. The minimum atomic E-state index is -0.885. The molecule has 20 heavy (non-hydrogen) atoms. The molecule has 1 aromatic heterocycles. The molecule has 1 heterocycles. The maximum absolute atomic E-state index is 12.0. The minimum Gasteiger partial charge on any atom is -0.481 e. The Kier molecular flexibility index (Phi) is 3.83. The molecule has 0 spiro atoms. The normalized spacial score (nSPS) is 23.4. The molecule has 2 rings (SSSR count). The molecule has 110 valence electrons. The third-order valence-corrected chi connectivity index (χ3v) is 4.23. The highest BCUT2D eigenvalue weighted by molar-refractivity contribution is 5.91. The monoisotopic (exact) mass is 279 g/mol.